The molecule has 0 unspecified atom stereocenters. The lowest BCUT2D eigenvalue weighted by atomic mass is 9.93. The minimum atomic E-state index is -0.713. The molecule has 0 bridgehead atoms. The lowest BCUT2D eigenvalue weighted by Gasteiger charge is -2.33. The van der Waals surface area contributed by atoms with Gasteiger partial charge in [0, 0.05) is 4.75 Å². The summed E-state index contributed by atoms with van der Waals surface area (Å²) >= 11 is 1.84. The molecule has 15 heavy (non-hydrogen) atoms. The molecule has 1 aliphatic carbocycles. The van der Waals surface area contributed by atoms with Gasteiger partial charge in [0.05, 0.1) is 4.87 Å². The van der Waals surface area contributed by atoms with Gasteiger partial charge in [-0.3, -0.25) is 10.1 Å². The molecule has 1 saturated carbocycles. The number of carboxylic acids is 1. The van der Waals surface area contributed by atoms with Gasteiger partial charge in [0.2, 0.25) is 0 Å². The maximum atomic E-state index is 11.2. The highest BCUT2D eigenvalue weighted by atomic mass is 32.2. The second kappa shape index (κ2) is 3.67. The topological polar surface area (TPSA) is 49.3 Å². The second-order valence-corrected chi connectivity index (χ2v) is 7.21. The molecule has 86 valence electrons. The van der Waals surface area contributed by atoms with E-state index in [9.17, 15) is 9.90 Å². The van der Waals surface area contributed by atoms with Crippen LogP contribution >= 0.6 is 11.8 Å². The van der Waals surface area contributed by atoms with E-state index in [1.807, 2.05) is 25.6 Å². The van der Waals surface area contributed by atoms with E-state index in [1.165, 1.54) is 19.3 Å². The molecule has 1 saturated heterocycles. The zero-order valence-electron chi connectivity index (χ0n) is 9.38. The molecular weight excluding hydrogens is 210 g/mol. The molecule has 1 spiro atoms. The third kappa shape index (κ3) is 2.02. The zero-order valence-corrected chi connectivity index (χ0v) is 10.2. The van der Waals surface area contributed by atoms with Gasteiger partial charge < -0.3 is 5.11 Å². The Hall–Kier alpha value is -0.220. The first-order chi connectivity index (χ1) is 6.95. The fraction of sp³-hybridized carbons (Fsp3) is 0.909. The van der Waals surface area contributed by atoms with Gasteiger partial charge in [-0.2, -0.15) is 0 Å². The van der Waals surface area contributed by atoms with E-state index in [0.717, 1.165) is 12.8 Å². The molecule has 3 nitrogen and oxygen atoms in total. The van der Waals surface area contributed by atoms with E-state index in [0.29, 0.717) is 0 Å². The molecule has 2 rings (SSSR count). The number of carboxylic acid groups (broad SMARTS) is 1. The van der Waals surface area contributed by atoms with Crippen LogP contribution in [0.3, 0.4) is 0 Å². The third-order valence-electron chi connectivity index (χ3n) is 3.47. The van der Waals surface area contributed by atoms with Crippen LogP contribution in [0.5, 0.6) is 0 Å². The molecule has 2 fully saturated rings. The van der Waals surface area contributed by atoms with Crippen molar-refractivity contribution in [1.29, 1.82) is 0 Å². The summed E-state index contributed by atoms with van der Waals surface area (Å²) in [6, 6.07) is -0.402. The van der Waals surface area contributed by atoms with Gasteiger partial charge in [0.15, 0.2) is 0 Å². The van der Waals surface area contributed by atoms with Crippen LogP contribution < -0.4 is 5.32 Å². The van der Waals surface area contributed by atoms with Crippen LogP contribution in [0.4, 0.5) is 0 Å². The van der Waals surface area contributed by atoms with E-state index >= 15 is 0 Å². The molecule has 4 heteroatoms. The van der Waals surface area contributed by atoms with Gasteiger partial charge in [-0.25, -0.2) is 0 Å². The lowest BCUT2D eigenvalue weighted by Crippen LogP contribution is -2.49. The number of thioether (sulfide) groups is 1. The molecule has 1 heterocycles. The summed E-state index contributed by atoms with van der Waals surface area (Å²) < 4.78 is -0.191. The molecule has 0 amide bonds. The lowest BCUT2D eigenvalue weighted by molar-refractivity contribution is -0.140. The van der Waals surface area contributed by atoms with Crippen molar-refractivity contribution in [2.45, 2.75) is 61.6 Å². The highest BCUT2D eigenvalue weighted by molar-refractivity contribution is 8.02. The van der Waals surface area contributed by atoms with E-state index in [4.69, 9.17) is 0 Å². The average molecular weight is 229 g/mol. The molecule has 0 radical (unpaired) electrons. The predicted octanol–water partition coefficient (Wildman–Crippen LogP) is 2.21. The second-order valence-electron chi connectivity index (χ2n) is 5.18. The van der Waals surface area contributed by atoms with Crippen molar-refractivity contribution in [3.8, 4) is 0 Å². The van der Waals surface area contributed by atoms with Crippen LogP contribution in [0.1, 0.15) is 46.0 Å². The van der Waals surface area contributed by atoms with Crippen LogP contribution in [0.2, 0.25) is 0 Å². The summed E-state index contributed by atoms with van der Waals surface area (Å²) in [6.45, 7) is 4.07. The van der Waals surface area contributed by atoms with Crippen molar-refractivity contribution in [3.05, 3.63) is 0 Å². The van der Waals surface area contributed by atoms with E-state index in [2.05, 4.69) is 5.32 Å². The number of hydrogen-bond donors (Lipinski definition) is 2. The van der Waals surface area contributed by atoms with Crippen LogP contribution in [0.25, 0.3) is 0 Å². The van der Waals surface area contributed by atoms with E-state index < -0.39 is 12.0 Å². The van der Waals surface area contributed by atoms with Gasteiger partial charge in [0.25, 0.3) is 0 Å². The molecule has 0 aromatic heterocycles. The monoisotopic (exact) mass is 229 g/mol. The Kier molecular flexibility index (Phi) is 2.75. The number of carbonyl (C=O) groups is 1. The quantitative estimate of drug-likeness (QED) is 0.724. The minimum Gasteiger partial charge on any atom is -0.480 e. The summed E-state index contributed by atoms with van der Waals surface area (Å²) in [4.78, 5) is 11.2. The van der Waals surface area contributed by atoms with Crippen molar-refractivity contribution >= 4 is 17.7 Å². The van der Waals surface area contributed by atoms with E-state index in [1.54, 1.807) is 0 Å². The fourth-order valence-electron chi connectivity index (χ4n) is 2.76. The van der Waals surface area contributed by atoms with Crippen LogP contribution in [-0.2, 0) is 4.79 Å². The molecule has 0 aromatic carbocycles. The highest BCUT2D eigenvalue weighted by Crippen LogP contribution is 2.51. The van der Waals surface area contributed by atoms with Crippen molar-refractivity contribution in [3.63, 3.8) is 0 Å². The standard InChI is InChI=1S/C11H19NO2S/c1-10(2)8(9(13)14)12-11(15-10)6-4-3-5-7-11/h8,12H,3-7H2,1-2H3,(H,13,14)/t8-/m1/s1. The van der Waals surface area contributed by atoms with Crippen LogP contribution in [0, 0.1) is 0 Å². The Morgan fingerprint density at radius 3 is 2.40 bits per heavy atom. The number of rotatable bonds is 1. The van der Waals surface area contributed by atoms with E-state index in [-0.39, 0.29) is 9.62 Å². The summed E-state index contributed by atoms with van der Waals surface area (Å²) in [7, 11) is 0. The molecule has 2 N–H and O–H groups in total. The van der Waals surface area contributed by atoms with Gasteiger partial charge in [-0.05, 0) is 26.7 Å². The third-order valence-corrected chi connectivity index (χ3v) is 5.15. The number of hydrogen-bond acceptors (Lipinski definition) is 3. The summed E-state index contributed by atoms with van der Waals surface area (Å²) in [5, 5.41) is 12.5. The first kappa shape index (κ1) is 11.3. The molecule has 0 aromatic rings. The number of nitrogens with one attached hydrogen (secondary N) is 1. The highest BCUT2D eigenvalue weighted by Gasteiger charge is 2.52. The molecule has 1 aliphatic heterocycles. The first-order valence-corrected chi connectivity index (χ1v) is 6.48. The van der Waals surface area contributed by atoms with Crippen LogP contribution in [-0.4, -0.2) is 26.7 Å². The minimum absolute atomic E-state index is 0.0464. The SMILES string of the molecule is CC1(C)SC2(CCCCC2)N[C@@H]1C(=O)O. The van der Waals surface area contributed by atoms with Gasteiger partial charge >= 0.3 is 5.97 Å². The fourth-order valence-corrected chi connectivity index (χ4v) is 4.71. The Labute approximate surface area is 95.0 Å². The smallest absolute Gasteiger partial charge is 0.322 e. The van der Waals surface area contributed by atoms with Crippen molar-refractivity contribution in [2.24, 2.45) is 0 Å². The Balaban J connectivity index is 2.16. The summed E-state index contributed by atoms with van der Waals surface area (Å²) in [6.07, 6.45) is 5.97. The van der Waals surface area contributed by atoms with Crippen molar-refractivity contribution < 1.29 is 9.90 Å². The zero-order chi connectivity index (χ0) is 11.1. The Morgan fingerprint density at radius 1 is 1.33 bits per heavy atom. The van der Waals surface area contributed by atoms with Gasteiger partial charge in [-0.1, -0.05) is 19.3 Å². The number of aliphatic carboxylic acids is 1. The first-order valence-electron chi connectivity index (χ1n) is 5.66. The normalized spacial score (nSPS) is 33.1. The Bertz CT molecular complexity index is 272. The van der Waals surface area contributed by atoms with Crippen LogP contribution in [0.15, 0.2) is 0 Å². The summed E-state index contributed by atoms with van der Waals surface area (Å²) in [5.41, 5.74) is 0. The van der Waals surface area contributed by atoms with Gasteiger partial charge in [0.1, 0.15) is 6.04 Å². The average Bonchev–Trinajstić information content (AvgIpc) is 2.39. The predicted molar refractivity (Wildman–Crippen MR) is 62.0 cm³/mol. The molecular formula is C11H19NO2S. The largest absolute Gasteiger partial charge is 0.480 e. The summed E-state index contributed by atoms with van der Waals surface area (Å²) in [5.74, 6) is -0.713. The molecule has 1 atom stereocenters. The van der Waals surface area contributed by atoms with Crippen molar-refractivity contribution in [1.82, 2.24) is 5.32 Å². The van der Waals surface area contributed by atoms with Gasteiger partial charge in [-0.15, -0.1) is 11.8 Å². The Morgan fingerprint density at radius 2 is 1.93 bits per heavy atom. The van der Waals surface area contributed by atoms with Crippen molar-refractivity contribution in [2.75, 3.05) is 0 Å². The maximum absolute atomic E-state index is 11.2. The molecule has 2 aliphatic rings. The maximum Gasteiger partial charge on any atom is 0.322 e.